The molecule has 96 valence electrons. The number of aldehydes is 1. The van der Waals surface area contributed by atoms with E-state index in [1.807, 2.05) is 24.3 Å². The topological polar surface area (TPSA) is 43.4 Å². The molecule has 0 aromatic heterocycles. The summed E-state index contributed by atoms with van der Waals surface area (Å²) >= 11 is 0. The van der Waals surface area contributed by atoms with Gasteiger partial charge in [0, 0.05) is 12.0 Å². The molecule has 0 aliphatic rings. The van der Waals surface area contributed by atoms with E-state index in [1.165, 1.54) is 0 Å². The zero-order valence-corrected chi connectivity index (χ0v) is 10.4. The van der Waals surface area contributed by atoms with E-state index in [0.29, 0.717) is 17.5 Å². The van der Waals surface area contributed by atoms with Crippen LogP contribution in [0.5, 0.6) is 0 Å². The standard InChI is InChI=1S/C16H14O3/c17-12-15-9-5-4-6-13(15)10-11-19-16(18)14-7-2-1-3-8-14/h1-9,12H,10-11H2. The Morgan fingerprint density at radius 1 is 1.00 bits per heavy atom. The van der Waals surface area contributed by atoms with Gasteiger partial charge in [0.2, 0.25) is 0 Å². The second kappa shape index (κ2) is 6.50. The summed E-state index contributed by atoms with van der Waals surface area (Å²) in [6.07, 6.45) is 1.35. The van der Waals surface area contributed by atoms with Crippen molar-refractivity contribution >= 4 is 12.3 Å². The van der Waals surface area contributed by atoms with Crippen LogP contribution in [-0.2, 0) is 11.2 Å². The molecule has 2 aromatic rings. The SMILES string of the molecule is O=Cc1ccccc1CCOC(=O)c1ccccc1. The molecule has 0 saturated heterocycles. The highest BCUT2D eigenvalue weighted by molar-refractivity contribution is 5.89. The van der Waals surface area contributed by atoms with Crippen molar-refractivity contribution in [2.75, 3.05) is 6.61 Å². The number of rotatable bonds is 5. The van der Waals surface area contributed by atoms with Crippen LogP contribution in [-0.4, -0.2) is 18.9 Å². The summed E-state index contributed by atoms with van der Waals surface area (Å²) in [6, 6.07) is 16.1. The molecule has 0 saturated carbocycles. The van der Waals surface area contributed by atoms with Crippen LogP contribution in [0.2, 0.25) is 0 Å². The number of hydrogen-bond donors (Lipinski definition) is 0. The number of carbonyl (C=O) groups excluding carboxylic acids is 2. The van der Waals surface area contributed by atoms with Gasteiger partial charge in [0.05, 0.1) is 12.2 Å². The summed E-state index contributed by atoms with van der Waals surface area (Å²) in [6.45, 7) is 0.262. The Kier molecular flexibility index (Phi) is 4.45. The fourth-order valence-corrected chi connectivity index (χ4v) is 1.79. The Bertz CT molecular complexity index is 561. The highest BCUT2D eigenvalue weighted by Crippen LogP contribution is 2.08. The monoisotopic (exact) mass is 254 g/mol. The van der Waals surface area contributed by atoms with Gasteiger partial charge >= 0.3 is 5.97 Å². The molecule has 0 unspecified atom stereocenters. The molecule has 0 amide bonds. The molecular weight excluding hydrogens is 240 g/mol. The normalized spacial score (nSPS) is 9.89. The molecule has 0 radical (unpaired) electrons. The molecule has 3 nitrogen and oxygen atoms in total. The van der Waals surface area contributed by atoms with Crippen LogP contribution in [0.25, 0.3) is 0 Å². The van der Waals surface area contributed by atoms with E-state index in [9.17, 15) is 9.59 Å². The van der Waals surface area contributed by atoms with Crippen molar-refractivity contribution < 1.29 is 14.3 Å². The van der Waals surface area contributed by atoms with Crippen molar-refractivity contribution in [2.24, 2.45) is 0 Å². The molecule has 2 aromatic carbocycles. The number of hydrogen-bond acceptors (Lipinski definition) is 3. The second-order valence-corrected chi connectivity index (χ2v) is 4.07. The molecular formula is C16H14O3. The van der Waals surface area contributed by atoms with Crippen molar-refractivity contribution in [3.05, 3.63) is 71.3 Å². The summed E-state index contributed by atoms with van der Waals surface area (Å²) in [5.74, 6) is -0.343. The van der Waals surface area contributed by atoms with Gasteiger partial charge in [0.15, 0.2) is 0 Å². The first kappa shape index (κ1) is 13.0. The molecule has 19 heavy (non-hydrogen) atoms. The van der Waals surface area contributed by atoms with Gasteiger partial charge in [-0.1, -0.05) is 42.5 Å². The maximum Gasteiger partial charge on any atom is 0.338 e. The van der Waals surface area contributed by atoms with Crippen molar-refractivity contribution in [1.82, 2.24) is 0 Å². The summed E-state index contributed by atoms with van der Waals surface area (Å²) < 4.78 is 5.18. The van der Waals surface area contributed by atoms with E-state index in [1.54, 1.807) is 30.3 Å². The smallest absolute Gasteiger partial charge is 0.338 e. The molecule has 3 heteroatoms. The lowest BCUT2D eigenvalue weighted by Crippen LogP contribution is -2.08. The van der Waals surface area contributed by atoms with Crippen LogP contribution >= 0.6 is 0 Å². The van der Waals surface area contributed by atoms with Crippen molar-refractivity contribution in [3.63, 3.8) is 0 Å². The largest absolute Gasteiger partial charge is 0.462 e. The minimum absolute atomic E-state index is 0.262. The fourth-order valence-electron chi connectivity index (χ4n) is 1.79. The van der Waals surface area contributed by atoms with E-state index in [0.717, 1.165) is 11.8 Å². The molecule has 2 rings (SSSR count). The van der Waals surface area contributed by atoms with Gasteiger partial charge in [0.25, 0.3) is 0 Å². The third kappa shape index (κ3) is 3.52. The van der Waals surface area contributed by atoms with Crippen LogP contribution < -0.4 is 0 Å². The predicted octanol–water partition coefficient (Wildman–Crippen LogP) is 2.90. The van der Waals surface area contributed by atoms with Crippen LogP contribution in [0.1, 0.15) is 26.3 Å². The molecule has 0 fully saturated rings. The molecule has 0 N–H and O–H groups in total. The molecule has 0 aliphatic heterocycles. The van der Waals surface area contributed by atoms with Gasteiger partial charge in [0.1, 0.15) is 6.29 Å². The van der Waals surface area contributed by atoms with E-state index >= 15 is 0 Å². The minimum atomic E-state index is -0.343. The quantitative estimate of drug-likeness (QED) is 0.608. The van der Waals surface area contributed by atoms with Crippen molar-refractivity contribution in [1.29, 1.82) is 0 Å². The first-order chi connectivity index (χ1) is 9.31. The first-order valence-electron chi connectivity index (χ1n) is 6.06. The Morgan fingerprint density at radius 3 is 2.42 bits per heavy atom. The third-order valence-electron chi connectivity index (χ3n) is 2.80. The Balaban J connectivity index is 1.90. The molecule has 0 spiro atoms. The van der Waals surface area contributed by atoms with Crippen molar-refractivity contribution in [3.8, 4) is 0 Å². The number of benzene rings is 2. The van der Waals surface area contributed by atoms with Crippen molar-refractivity contribution in [2.45, 2.75) is 6.42 Å². The molecule has 0 aliphatic carbocycles. The first-order valence-corrected chi connectivity index (χ1v) is 6.06. The average Bonchev–Trinajstić information content (AvgIpc) is 2.48. The van der Waals surface area contributed by atoms with Gasteiger partial charge < -0.3 is 4.74 Å². The lowest BCUT2D eigenvalue weighted by molar-refractivity contribution is 0.0509. The zero-order chi connectivity index (χ0) is 13.5. The highest BCUT2D eigenvalue weighted by Gasteiger charge is 2.06. The minimum Gasteiger partial charge on any atom is -0.462 e. The van der Waals surface area contributed by atoms with Crippen LogP contribution in [0.3, 0.4) is 0 Å². The lowest BCUT2D eigenvalue weighted by atomic mass is 10.1. The van der Waals surface area contributed by atoms with Gasteiger partial charge in [-0.15, -0.1) is 0 Å². The van der Waals surface area contributed by atoms with Gasteiger partial charge in [-0.05, 0) is 17.7 Å². The molecule has 0 atom stereocenters. The van der Waals surface area contributed by atoms with E-state index in [-0.39, 0.29) is 12.6 Å². The maximum absolute atomic E-state index is 11.7. The van der Waals surface area contributed by atoms with E-state index in [4.69, 9.17) is 4.74 Å². The summed E-state index contributed by atoms with van der Waals surface area (Å²) in [4.78, 5) is 22.5. The summed E-state index contributed by atoms with van der Waals surface area (Å²) in [7, 11) is 0. The highest BCUT2D eigenvalue weighted by atomic mass is 16.5. The van der Waals surface area contributed by atoms with Crippen LogP contribution in [0, 0.1) is 0 Å². The third-order valence-corrected chi connectivity index (χ3v) is 2.80. The van der Waals surface area contributed by atoms with Gasteiger partial charge in [-0.2, -0.15) is 0 Å². The summed E-state index contributed by atoms with van der Waals surface area (Å²) in [5, 5.41) is 0. The van der Waals surface area contributed by atoms with Crippen LogP contribution in [0.15, 0.2) is 54.6 Å². The predicted molar refractivity (Wildman–Crippen MR) is 72.3 cm³/mol. The van der Waals surface area contributed by atoms with Gasteiger partial charge in [-0.25, -0.2) is 4.79 Å². The molecule has 0 heterocycles. The summed E-state index contributed by atoms with van der Waals surface area (Å²) in [5.41, 5.74) is 2.06. The fraction of sp³-hybridized carbons (Fsp3) is 0.125. The Hall–Kier alpha value is -2.42. The zero-order valence-electron chi connectivity index (χ0n) is 10.4. The van der Waals surface area contributed by atoms with Crippen LogP contribution in [0.4, 0.5) is 0 Å². The Labute approximate surface area is 111 Å². The Morgan fingerprint density at radius 2 is 1.68 bits per heavy atom. The van der Waals surface area contributed by atoms with Gasteiger partial charge in [-0.3, -0.25) is 4.79 Å². The van der Waals surface area contributed by atoms with E-state index in [2.05, 4.69) is 0 Å². The lowest BCUT2D eigenvalue weighted by Gasteiger charge is -2.06. The number of ether oxygens (including phenoxy) is 1. The number of esters is 1. The molecule has 0 bridgehead atoms. The van der Waals surface area contributed by atoms with E-state index < -0.39 is 0 Å². The number of carbonyl (C=O) groups is 2. The second-order valence-electron chi connectivity index (χ2n) is 4.07. The maximum atomic E-state index is 11.7. The average molecular weight is 254 g/mol.